The second kappa shape index (κ2) is 6.83. The standard InChI is InChI=1S/C13H15F3N2/c1-18(2)11-5-3-10(4-6-11)9-17-8-7-12(14)13(15)16/h3-6,9H,7-8H2,1-2H3/b17-9+. The molecule has 0 atom stereocenters. The van der Waals surface area contributed by atoms with Gasteiger partial charge in [0.2, 0.25) is 0 Å². The molecule has 0 aliphatic carbocycles. The molecule has 0 fully saturated rings. The minimum atomic E-state index is -2.26. The summed E-state index contributed by atoms with van der Waals surface area (Å²) in [6, 6.07) is 7.56. The molecule has 0 saturated carbocycles. The zero-order valence-electron chi connectivity index (χ0n) is 10.3. The van der Waals surface area contributed by atoms with Crippen molar-refractivity contribution in [3.05, 3.63) is 41.7 Å². The molecule has 18 heavy (non-hydrogen) atoms. The van der Waals surface area contributed by atoms with Gasteiger partial charge in [0.1, 0.15) is 0 Å². The molecule has 0 spiro atoms. The predicted octanol–water partition coefficient (Wildman–Crippen LogP) is 3.64. The monoisotopic (exact) mass is 256 g/mol. The van der Waals surface area contributed by atoms with Gasteiger partial charge in [-0.2, -0.15) is 8.78 Å². The first kappa shape index (κ1) is 14.3. The van der Waals surface area contributed by atoms with E-state index in [1.165, 1.54) is 0 Å². The van der Waals surface area contributed by atoms with Gasteiger partial charge in [-0.25, -0.2) is 4.39 Å². The third-order valence-corrected chi connectivity index (χ3v) is 2.32. The molecule has 1 aromatic carbocycles. The van der Waals surface area contributed by atoms with E-state index in [9.17, 15) is 13.2 Å². The Balaban J connectivity index is 2.50. The molecular weight excluding hydrogens is 241 g/mol. The predicted molar refractivity (Wildman–Crippen MR) is 68.2 cm³/mol. The fourth-order valence-electron chi connectivity index (χ4n) is 1.29. The van der Waals surface area contributed by atoms with Gasteiger partial charge in [-0.15, -0.1) is 0 Å². The third kappa shape index (κ3) is 4.61. The molecule has 1 rings (SSSR count). The summed E-state index contributed by atoms with van der Waals surface area (Å²) in [5, 5.41) is 0. The van der Waals surface area contributed by atoms with Crippen LogP contribution in [0.15, 0.2) is 41.2 Å². The number of hydrogen-bond acceptors (Lipinski definition) is 2. The fraction of sp³-hybridized carbons (Fsp3) is 0.308. The molecule has 98 valence electrons. The van der Waals surface area contributed by atoms with Crippen molar-refractivity contribution in [1.29, 1.82) is 0 Å². The molecule has 0 bridgehead atoms. The molecule has 0 aromatic heterocycles. The van der Waals surface area contributed by atoms with Gasteiger partial charge in [-0.3, -0.25) is 4.99 Å². The maximum atomic E-state index is 12.4. The van der Waals surface area contributed by atoms with E-state index in [0.29, 0.717) is 0 Å². The van der Waals surface area contributed by atoms with Gasteiger partial charge in [0.15, 0.2) is 5.83 Å². The molecule has 0 heterocycles. The Morgan fingerprint density at radius 2 is 1.78 bits per heavy atom. The first-order chi connectivity index (χ1) is 8.50. The van der Waals surface area contributed by atoms with E-state index in [2.05, 4.69) is 4.99 Å². The lowest BCUT2D eigenvalue weighted by Crippen LogP contribution is -2.08. The number of anilines is 1. The van der Waals surface area contributed by atoms with Crippen molar-refractivity contribution < 1.29 is 13.2 Å². The Morgan fingerprint density at radius 3 is 2.28 bits per heavy atom. The van der Waals surface area contributed by atoms with Crippen LogP contribution in [0.3, 0.4) is 0 Å². The van der Waals surface area contributed by atoms with Gasteiger partial charge in [0, 0.05) is 39.0 Å². The molecule has 5 heteroatoms. The van der Waals surface area contributed by atoms with E-state index in [4.69, 9.17) is 0 Å². The summed E-state index contributed by atoms with van der Waals surface area (Å²) >= 11 is 0. The average molecular weight is 256 g/mol. The first-order valence-electron chi connectivity index (χ1n) is 5.47. The van der Waals surface area contributed by atoms with Crippen molar-refractivity contribution in [3.63, 3.8) is 0 Å². The number of benzene rings is 1. The van der Waals surface area contributed by atoms with E-state index in [0.717, 1.165) is 11.3 Å². The maximum absolute atomic E-state index is 12.4. The Kier molecular flexibility index (Phi) is 5.42. The second-order valence-electron chi connectivity index (χ2n) is 3.94. The summed E-state index contributed by atoms with van der Waals surface area (Å²) in [5.74, 6) is -1.39. The molecule has 0 aliphatic heterocycles. The normalized spacial score (nSPS) is 10.7. The van der Waals surface area contributed by atoms with Gasteiger partial charge in [0.25, 0.3) is 0 Å². The second-order valence-corrected chi connectivity index (χ2v) is 3.94. The lowest BCUT2D eigenvalue weighted by molar-refractivity contribution is 0.371. The largest absolute Gasteiger partial charge is 0.378 e. The quantitative estimate of drug-likeness (QED) is 0.734. The van der Waals surface area contributed by atoms with Crippen molar-refractivity contribution in [2.45, 2.75) is 6.42 Å². The summed E-state index contributed by atoms with van der Waals surface area (Å²) in [5.41, 5.74) is 1.91. The fourth-order valence-corrected chi connectivity index (χ4v) is 1.29. The maximum Gasteiger partial charge on any atom is 0.301 e. The van der Waals surface area contributed by atoms with Crippen LogP contribution in [0, 0.1) is 0 Å². The van der Waals surface area contributed by atoms with Crippen molar-refractivity contribution in [2.24, 2.45) is 4.99 Å². The highest BCUT2D eigenvalue weighted by Gasteiger charge is 2.02. The van der Waals surface area contributed by atoms with Crippen LogP contribution in [-0.4, -0.2) is 26.9 Å². The van der Waals surface area contributed by atoms with E-state index in [1.54, 1.807) is 6.21 Å². The van der Waals surface area contributed by atoms with Crippen LogP contribution in [0.2, 0.25) is 0 Å². The van der Waals surface area contributed by atoms with Crippen LogP contribution in [-0.2, 0) is 0 Å². The van der Waals surface area contributed by atoms with Gasteiger partial charge >= 0.3 is 6.08 Å². The number of aliphatic imine (C=N–C) groups is 1. The lowest BCUT2D eigenvalue weighted by atomic mass is 10.2. The summed E-state index contributed by atoms with van der Waals surface area (Å²) in [4.78, 5) is 5.86. The molecule has 0 amide bonds. The number of rotatable bonds is 5. The van der Waals surface area contributed by atoms with Gasteiger partial charge in [0.05, 0.1) is 0 Å². The van der Waals surface area contributed by atoms with Crippen LogP contribution < -0.4 is 4.90 Å². The molecular formula is C13H15F3N2. The molecule has 0 radical (unpaired) electrons. The van der Waals surface area contributed by atoms with Gasteiger partial charge in [-0.05, 0) is 17.7 Å². The summed E-state index contributed by atoms with van der Waals surface area (Å²) in [7, 11) is 3.87. The topological polar surface area (TPSA) is 15.6 Å². The van der Waals surface area contributed by atoms with E-state index >= 15 is 0 Å². The van der Waals surface area contributed by atoms with Crippen LogP contribution in [0.5, 0.6) is 0 Å². The van der Waals surface area contributed by atoms with Crippen LogP contribution in [0.1, 0.15) is 12.0 Å². The lowest BCUT2D eigenvalue weighted by Gasteiger charge is -2.11. The Hall–Kier alpha value is -1.78. The zero-order valence-corrected chi connectivity index (χ0v) is 10.3. The van der Waals surface area contributed by atoms with Crippen molar-refractivity contribution >= 4 is 11.9 Å². The molecule has 0 saturated heterocycles. The first-order valence-corrected chi connectivity index (χ1v) is 5.47. The van der Waals surface area contributed by atoms with Crippen molar-refractivity contribution in [2.75, 3.05) is 25.5 Å². The van der Waals surface area contributed by atoms with Crippen LogP contribution in [0.4, 0.5) is 18.9 Å². The average Bonchev–Trinajstić information content (AvgIpc) is 2.34. The minimum Gasteiger partial charge on any atom is -0.378 e. The highest BCUT2D eigenvalue weighted by molar-refractivity contribution is 5.80. The minimum absolute atomic E-state index is 0.0125. The molecule has 1 aromatic rings. The molecule has 0 N–H and O–H groups in total. The Labute approximate surface area is 104 Å². The van der Waals surface area contributed by atoms with Gasteiger partial charge < -0.3 is 4.90 Å². The zero-order chi connectivity index (χ0) is 13.5. The Bertz CT molecular complexity index is 432. The van der Waals surface area contributed by atoms with Crippen molar-refractivity contribution in [1.82, 2.24) is 0 Å². The van der Waals surface area contributed by atoms with E-state index in [-0.39, 0.29) is 13.0 Å². The molecule has 0 aliphatic rings. The van der Waals surface area contributed by atoms with Crippen molar-refractivity contribution in [3.8, 4) is 0 Å². The number of halogens is 3. The molecule has 0 unspecified atom stereocenters. The van der Waals surface area contributed by atoms with Crippen LogP contribution in [0.25, 0.3) is 0 Å². The summed E-state index contributed by atoms with van der Waals surface area (Å²) < 4.78 is 35.9. The number of nitrogens with zero attached hydrogens (tertiary/aromatic N) is 2. The highest BCUT2D eigenvalue weighted by atomic mass is 19.3. The third-order valence-electron chi connectivity index (χ3n) is 2.32. The summed E-state index contributed by atoms with van der Waals surface area (Å²) in [6.45, 7) is 0.0125. The number of hydrogen-bond donors (Lipinski definition) is 0. The van der Waals surface area contributed by atoms with Gasteiger partial charge in [-0.1, -0.05) is 12.1 Å². The molecule has 2 nitrogen and oxygen atoms in total. The van der Waals surface area contributed by atoms with E-state index in [1.807, 2.05) is 43.3 Å². The highest BCUT2D eigenvalue weighted by Crippen LogP contribution is 2.13. The SMILES string of the molecule is CN(C)c1ccc(/C=N/CCC(F)=C(F)F)cc1. The van der Waals surface area contributed by atoms with E-state index < -0.39 is 11.9 Å². The Morgan fingerprint density at radius 1 is 1.17 bits per heavy atom. The smallest absolute Gasteiger partial charge is 0.301 e. The van der Waals surface area contributed by atoms with Crippen LogP contribution >= 0.6 is 0 Å². The summed E-state index contributed by atoms with van der Waals surface area (Å²) in [6.07, 6.45) is -1.09.